The van der Waals surface area contributed by atoms with Gasteiger partial charge in [-0.25, -0.2) is 4.90 Å². The van der Waals surface area contributed by atoms with E-state index in [4.69, 9.17) is 11.6 Å². The van der Waals surface area contributed by atoms with Gasteiger partial charge < -0.3 is 0 Å². The summed E-state index contributed by atoms with van der Waals surface area (Å²) >= 11 is 6.02. The molecule has 132 valence electrons. The van der Waals surface area contributed by atoms with Crippen molar-refractivity contribution in [2.75, 3.05) is 4.90 Å². The topological polar surface area (TPSA) is 65.3 Å². The molecule has 2 amide bonds. The Hall–Kier alpha value is -2.73. The first-order valence-electron chi connectivity index (χ1n) is 8.32. The van der Waals surface area contributed by atoms with Gasteiger partial charge >= 0.3 is 0 Å². The Bertz CT molecular complexity index is 943. The Labute approximate surface area is 156 Å². The molecule has 2 aliphatic heterocycles. The number of halogens is 1. The fraction of sp³-hybridized carbons (Fsp3) is 0.263. The van der Waals surface area contributed by atoms with E-state index in [0.29, 0.717) is 17.3 Å². The van der Waals surface area contributed by atoms with Gasteiger partial charge in [0.15, 0.2) is 12.1 Å². The third-order valence-electron chi connectivity index (χ3n) is 4.84. The lowest BCUT2D eigenvalue weighted by atomic mass is 10.1. The van der Waals surface area contributed by atoms with Crippen molar-refractivity contribution in [1.29, 1.82) is 0 Å². The van der Waals surface area contributed by atoms with E-state index in [0.717, 1.165) is 16.7 Å². The van der Waals surface area contributed by atoms with Crippen molar-refractivity contribution in [3.05, 3.63) is 64.2 Å². The zero-order valence-electron chi connectivity index (χ0n) is 14.4. The van der Waals surface area contributed by atoms with Gasteiger partial charge in [-0.3, -0.25) is 14.6 Å². The van der Waals surface area contributed by atoms with Crippen molar-refractivity contribution in [2.24, 2.45) is 10.3 Å². The van der Waals surface area contributed by atoms with Gasteiger partial charge in [0.25, 0.3) is 11.8 Å². The molecule has 0 aromatic heterocycles. The van der Waals surface area contributed by atoms with Gasteiger partial charge in [-0.15, -0.1) is 0 Å². The summed E-state index contributed by atoms with van der Waals surface area (Å²) < 4.78 is 0. The summed E-state index contributed by atoms with van der Waals surface area (Å²) in [5.74, 6) is -0.629. The highest BCUT2D eigenvalue weighted by atomic mass is 35.5. The largest absolute Gasteiger partial charge is 0.271 e. The minimum absolute atomic E-state index is 0.296. The predicted molar refractivity (Wildman–Crippen MR) is 97.8 cm³/mol. The maximum Gasteiger partial charge on any atom is 0.263 e. The number of amides is 2. The van der Waals surface area contributed by atoms with Crippen LogP contribution in [0.5, 0.6) is 0 Å². The van der Waals surface area contributed by atoms with Crippen molar-refractivity contribution >= 4 is 29.1 Å². The molecule has 0 N–H and O–H groups in total. The second-order valence-corrected chi connectivity index (χ2v) is 7.04. The Balaban J connectivity index is 1.62. The summed E-state index contributed by atoms with van der Waals surface area (Å²) in [6, 6.07) is 11.4. The lowest BCUT2D eigenvalue weighted by Crippen LogP contribution is -2.39. The smallest absolute Gasteiger partial charge is 0.263 e. The van der Waals surface area contributed by atoms with Crippen LogP contribution in [0.25, 0.3) is 0 Å². The predicted octanol–water partition coefficient (Wildman–Crippen LogP) is 3.45. The monoisotopic (exact) mass is 368 g/mol. The van der Waals surface area contributed by atoms with Gasteiger partial charge in [0.1, 0.15) is 0 Å². The van der Waals surface area contributed by atoms with Gasteiger partial charge in [0.05, 0.1) is 12.2 Å². The van der Waals surface area contributed by atoms with Crippen molar-refractivity contribution in [2.45, 2.75) is 32.5 Å². The van der Waals surface area contributed by atoms with Crippen LogP contribution in [0.15, 0.2) is 52.8 Å². The second-order valence-electron chi connectivity index (χ2n) is 6.60. The highest BCUT2D eigenvalue weighted by molar-refractivity contribution is 6.30. The number of benzene rings is 2. The average molecular weight is 369 g/mol. The number of anilines is 1. The summed E-state index contributed by atoms with van der Waals surface area (Å²) in [4.78, 5) is 27.0. The highest BCUT2D eigenvalue weighted by Crippen LogP contribution is 2.33. The number of hydrogen-bond donors (Lipinski definition) is 0. The number of imide groups is 1. The van der Waals surface area contributed by atoms with Crippen LogP contribution in [0.2, 0.25) is 5.02 Å². The maximum absolute atomic E-state index is 13.0. The molecule has 0 spiro atoms. The summed E-state index contributed by atoms with van der Waals surface area (Å²) in [5, 5.41) is 10.3. The van der Waals surface area contributed by atoms with Gasteiger partial charge in [-0.1, -0.05) is 35.0 Å². The molecule has 2 heterocycles. The molecule has 7 heteroatoms. The minimum Gasteiger partial charge on any atom is -0.271 e. The molecular formula is C19H17ClN4O2. The number of carbonyl (C=O) groups excluding carboxylic acids is 2. The molecule has 1 saturated heterocycles. The fourth-order valence-electron chi connectivity index (χ4n) is 3.30. The van der Waals surface area contributed by atoms with Crippen LogP contribution in [0.3, 0.4) is 0 Å². The summed E-state index contributed by atoms with van der Waals surface area (Å²) in [5.41, 5.74) is 3.62. The van der Waals surface area contributed by atoms with Crippen molar-refractivity contribution in [3.63, 3.8) is 0 Å². The van der Waals surface area contributed by atoms with Crippen LogP contribution < -0.4 is 4.90 Å². The standard InChI is InChI=1S/C19H17ClN4O2/c1-11-6-7-15(8-12(11)2)24-18(25)16-17(19(24)26)23(22-21-16)10-13-4-3-5-14(20)9-13/h3-9,16-17H,10H2,1-2H3/t16-,17+/m0/s1. The molecule has 2 atom stereocenters. The van der Waals surface area contributed by atoms with Crippen LogP contribution in [0, 0.1) is 13.8 Å². The Kier molecular flexibility index (Phi) is 4.00. The van der Waals surface area contributed by atoms with E-state index in [1.54, 1.807) is 17.1 Å². The van der Waals surface area contributed by atoms with Crippen molar-refractivity contribution in [1.82, 2.24) is 5.01 Å². The lowest BCUT2D eigenvalue weighted by Gasteiger charge is -2.21. The van der Waals surface area contributed by atoms with E-state index in [2.05, 4.69) is 10.3 Å². The number of carbonyl (C=O) groups is 2. The first-order chi connectivity index (χ1) is 12.5. The average Bonchev–Trinajstić information content (AvgIpc) is 3.11. The lowest BCUT2D eigenvalue weighted by molar-refractivity contribution is -0.123. The molecule has 26 heavy (non-hydrogen) atoms. The Morgan fingerprint density at radius 2 is 1.85 bits per heavy atom. The summed E-state index contributed by atoms with van der Waals surface area (Å²) in [6.07, 6.45) is 0. The van der Waals surface area contributed by atoms with Gasteiger partial charge in [0.2, 0.25) is 0 Å². The molecule has 6 nitrogen and oxygen atoms in total. The number of rotatable bonds is 3. The molecule has 4 rings (SSSR count). The van der Waals surface area contributed by atoms with Gasteiger partial charge in [0, 0.05) is 5.02 Å². The molecule has 0 radical (unpaired) electrons. The van der Waals surface area contributed by atoms with Crippen LogP contribution in [-0.4, -0.2) is 28.9 Å². The number of aryl methyl sites for hydroxylation is 2. The number of nitrogens with zero attached hydrogens (tertiary/aromatic N) is 4. The van der Waals surface area contributed by atoms with E-state index < -0.39 is 12.1 Å². The van der Waals surface area contributed by atoms with E-state index >= 15 is 0 Å². The van der Waals surface area contributed by atoms with Crippen LogP contribution in [0.1, 0.15) is 16.7 Å². The second kappa shape index (κ2) is 6.21. The molecule has 2 aromatic rings. The van der Waals surface area contributed by atoms with E-state index in [9.17, 15) is 9.59 Å². The Morgan fingerprint density at radius 3 is 2.58 bits per heavy atom. The molecular weight excluding hydrogens is 352 g/mol. The van der Waals surface area contributed by atoms with E-state index in [1.165, 1.54) is 4.90 Å². The molecule has 2 aromatic carbocycles. The van der Waals surface area contributed by atoms with Gasteiger partial charge in [-0.05, 0) is 54.8 Å². The first-order valence-corrected chi connectivity index (χ1v) is 8.70. The molecule has 2 aliphatic rings. The Morgan fingerprint density at radius 1 is 1.04 bits per heavy atom. The maximum atomic E-state index is 13.0. The summed E-state index contributed by atoms with van der Waals surface area (Å²) in [6.45, 7) is 4.31. The van der Waals surface area contributed by atoms with E-state index in [1.807, 2.05) is 44.2 Å². The first kappa shape index (κ1) is 16.7. The molecule has 0 unspecified atom stereocenters. The molecule has 0 bridgehead atoms. The minimum atomic E-state index is -0.789. The third-order valence-corrected chi connectivity index (χ3v) is 5.08. The zero-order chi connectivity index (χ0) is 18.4. The zero-order valence-corrected chi connectivity index (χ0v) is 15.1. The van der Waals surface area contributed by atoms with Crippen LogP contribution in [-0.2, 0) is 16.1 Å². The SMILES string of the molecule is Cc1ccc(N2C(=O)[C@H]3N=NN(Cc4cccc(Cl)c4)[C@H]3C2=O)cc1C. The normalized spacial score (nSPS) is 21.7. The van der Waals surface area contributed by atoms with Crippen molar-refractivity contribution < 1.29 is 9.59 Å². The fourth-order valence-corrected chi connectivity index (χ4v) is 3.51. The summed E-state index contributed by atoms with van der Waals surface area (Å²) in [7, 11) is 0. The van der Waals surface area contributed by atoms with E-state index in [-0.39, 0.29) is 11.8 Å². The highest BCUT2D eigenvalue weighted by Gasteiger charge is 2.54. The number of hydrogen-bond acceptors (Lipinski definition) is 5. The molecule has 0 saturated carbocycles. The molecule has 1 fully saturated rings. The van der Waals surface area contributed by atoms with Crippen LogP contribution in [0.4, 0.5) is 5.69 Å². The third kappa shape index (κ3) is 2.66. The van der Waals surface area contributed by atoms with Crippen LogP contribution >= 0.6 is 11.6 Å². The number of fused-ring (bicyclic) bond motifs is 1. The molecule has 0 aliphatic carbocycles. The van der Waals surface area contributed by atoms with Crippen molar-refractivity contribution in [3.8, 4) is 0 Å². The quantitative estimate of drug-likeness (QED) is 0.779. The van der Waals surface area contributed by atoms with Gasteiger partial charge in [-0.2, -0.15) is 5.11 Å².